The van der Waals surface area contributed by atoms with Gasteiger partial charge >= 0.3 is 6.03 Å². The fourth-order valence-corrected chi connectivity index (χ4v) is 2.93. The highest BCUT2D eigenvalue weighted by atomic mass is 16.2. The molecule has 1 aromatic heterocycles. The molecule has 0 aliphatic carbocycles. The summed E-state index contributed by atoms with van der Waals surface area (Å²) < 4.78 is 1.75. The van der Waals surface area contributed by atoms with Crippen LogP contribution in [0.25, 0.3) is 0 Å². The molecule has 1 aromatic carbocycles. The summed E-state index contributed by atoms with van der Waals surface area (Å²) in [6, 6.07) is 5.59. The van der Waals surface area contributed by atoms with Crippen molar-refractivity contribution >= 4 is 17.6 Å². The first-order chi connectivity index (χ1) is 12.0. The predicted octanol–water partition coefficient (Wildman–Crippen LogP) is 1.91. The van der Waals surface area contributed by atoms with Crippen molar-refractivity contribution in [2.24, 2.45) is 7.05 Å². The van der Waals surface area contributed by atoms with Crippen LogP contribution in [0, 0.1) is 0 Å². The SMILES string of the molecule is C[C@@H](NC(=O)NCCc1cnn(C)c1)c1ccc2c(c1)CCC(=O)N2. The summed E-state index contributed by atoms with van der Waals surface area (Å²) in [5.41, 5.74) is 4.10. The molecule has 25 heavy (non-hydrogen) atoms. The monoisotopic (exact) mass is 341 g/mol. The summed E-state index contributed by atoms with van der Waals surface area (Å²) in [6.07, 6.45) is 5.72. The van der Waals surface area contributed by atoms with Gasteiger partial charge in [-0.2, -0.15) is 5.10 Å². The standard InChI is InChI=1S/C18H23N5O2/c1-12(14-3-5-16-15(9-14)4-6-17(24)22-16)21-18(25)19-8-7-13-10-20-23(2)11-13/h3,5,9-12H,4,6-8H2,1-2H3,(H,22,24)(H2,19,21,25)/t12-/m1/s1. The Hall–Kier alpha value is -2.83. The average molecular weight is 341 g/mol. The van der Waals surface area contributed by atoms with Gasteiger partial charge < -0.3 is 16.0 Å². The zero-order valence-corrected chi connectivity index (χ0v) is 14.5. The number of urea groups is 1. The second-order valence-corrected chi connectivity index (χ2v) is 6.36. The molecule has 0 saturated heterocycles. The first-order valence-electron chi connectivity index (χ1n) is 8.46. The van der Waals surface area contributed by atoms with Crippen LogP contribution in [0.3, 0.4) is 0 Å². The summed E-state index contributed by atoms with van der Waals surface area (Å²) in [5, 5.41) is 12.8. The number of hydrogen-bond donors (Lipinski definition) is 3. The maximum atomic E-state index is 12.1. The molecule has 1 aliphatic rings. The van der Waals surface area contributed by atoms with Gasteiger partial charge in [-0.3, -0.25) is 9.48 Å². The molecule has 3 rings (SSSR count). The van der Waals surface area contributed by atoms with E-state index < -0.39 is 0 Å². The Balaban J connectivity index is 1.50. The van der Waals surface area contributed by atoms with Gasteiger partial charge in [0.15, 0.2) is 0 Å². The zero-order chi connectivity index (χ0) is 17.8. The molecule has 0 bridgehead atoms. The molecule has 7 nitrogen and oxygen atoms in total. The number of carbonyl (C=O) groups is 2. The van der Waals surface area contributed by atoms with Gasteiger partial charge in [0, 0.05) is 31.9 Å². The van der Waals surface area contributed by atoms with Crippen molar-refractivity contribution in [3.8, 4) is 0 Å². The number of hydrogen-bond acceptors (Lipinski definition) is 3. The molecule has 7 heteroatoms. The predicted molar refractivity (Wildman–Crippen MR) is 95.3 cm³/mol. The minimum atomic E-state index is -0.192. The Kier molecular flexibility index (Phi) is 5.02. The highest BCUT2D eigenvalue weighted by Crippen LogP contribution is 2.26. The maximum Gasteiger partial charge on any atom is 0.315 e. The van der Waals surface area contributed by atoms with Gasteiger partial charge in [0.1, 0.15) is 0 Å². The lowest BCUT2D eigenvalue weighted by Gasteiger charge is -2.20. The van der Waals surface area contributed by atoms with Gasteiger partial charge in [-0.15, -0.1) is 0 Å². The summed E-state index contributed by atoms with van der Waals surface area (Å²) >= 11 is 0. The van der Waals surface area contributed by atoms with Gasteiger partial charge in [-0.05, 0) is 42.5 Å². The van der Waals surface area contributed by atoms with Gasteiger partial charge in [0.2, 0.25) is 5.91 Å². The van der Waals surface area contributed by atoms with Crippen LogP contribution in [0.1, 0.15) is 36.1 Å². The third-order valence-corrected chi connectivity index (χ3v) is 4.33. The molecular formula is C18H23N5O2. The minimum absolute atomic E-state index is 0.0550. The molecular weight excluding hydrogens is 318 g/mol. The number of fused-ring (bicyclic) bond motifs is 1. The van der Waals surface area contributed by atoms with E-state index >= 15 is 0 Å². The molecule has 2 aromatic rings. The van der Waals surface area contributed by atoms with Crippen LogP contribution in [0.5, 0.6) is 0 Å². The van der Waals surface area contributed by atoms with Crippen molar-refractivity contribution < 1.29 is 9.59 Å². The normalized spacial score (nSPS) is 14.4. The molecule has 0 saturated carbocycles. The summed E-state index contributed by atoms with van der Waals surface area (Å²) in [7, 11) is 1.87. The van der Waals surface area contributed by atoms with Crippen molar-refractivity contribution in [2.75, 3.05) is 11.9 Å². The van der Waals surface area contributed by atoms with Crippen molar-refractivity contribution in [1.29, 1.82) is 0 Å². The maximum absolute atomic E-state index is 12.1. The summed E-state index contributed by atoms with van der Waals surface area (Å²) in [6.45, 7) is 2.50. The topological polar surface area (TPSA) is 88.1 Å². The number of anilines is 1. The number of rotatable bonds is 5. The van der Waals surface area contributed by atoms with Gasteiger partial charge in [0.25, 0.3) is 0 Å². The quantitative estimate of drug-likeness (QED) is 0.776. The van der Waals surface area contributed by atoms with Crippen molar-refractivity contribution in [3.05, 3.63) is 47.3 Å². The second-order valence-electron chi connectivity index (χ2n) is 6.36. The molecule has 1 atom stereocenters. The van der Waals surface area contributed by atoms with Gasteiger partial charge in [-0.25, -0.2) is 4.79 Å². The van der Waals surface area contributed by atoms with Gasteiger partial charge in [-0.1, -0.05) is 12.1 Å². The van der Waals surface area contributed by atoms with E-state index in [2.05, 4.69) is 27.1 Å². The van der Waals surface area contributed by atoms with E-state index in [1.54, 1.807) is 10.9 Å². The Morgan fingerprint density at radius 3 is 3.00 bits per heavy atom. The average Bonchev–Trinajstić information content (AvgIpc) is 2.99. The molecule has 0 spiro atoms. The van der Waals surface area contributed by atoms with E-state index in [-0.39, 0.29) is 18.0 Å². The van der Waals surface area contributed by atoms with Crippen molar-refractivity contribution in [1.82, 2.24) is 20.4 Å². The summed E-state index contributed by atoms with van der Waals surface area (Å²) in [4.78, 5) is 23.5. The van der Waals surface area contributed by atoms with E-state index in [9.17, 15) is 9.59 Å². The lowest BCUT2D eigenvalue weighted by molar-refractivity contribution is -0.116. The smallest absolute Gasteiger partial charge is 0.315 e. The van der Waals surface area contributed by atoms with Crippen LogP contribution >= 0.6 is 0 Å². The van der Waals surface area contributed by atoms with E-state index in [0.717, 1.165) is 35.2 Å². The van der Waals surface area contributed by atoms with Gasteiger partial charge in [0.05, 0.1) is 12.2 Å². The fraction of sp³-hybridized carbons (Fsp3) is 0.389. The number of nitrogens with one attached hydrogen (secondary N) is 3. The zero-order valence-electron chi connectivity index (χ0n) is 14.5. The van der Waals surface area contributed by atoms with Crippen molar-refractivity contribution in [3.63, 3.8) is 0 Å². The Morgan fingerprint density at radius 1 is 1.40 bits per heavy atom. The fourth-order valence-electron chi connectivity index (χ4n) is 2.93. The number of aryl methyl sites for hydroxylation is 2. The lowest BCUT2D eigenvalue weighted by atomic mass is 9.98. The van der Waals surface area contributed by atoms with Crippen LogP contribution in [0.15, 0.2) is 30.6 Å². The van der Waals surface area contributed by atoms with E-state index in [4.69, 9.17) is 0 Å². The number of amides is 3. The third-order valence-electron chi connectivity index (χ3n) is 4.33. The first-order valence-corrected chi connectivity index (χ1v) is 8.46. The molecule has 3 N–H and O–H groups in total. The van der Waals surface area contributed by atoms with E-state index in [1.165, 1.54) is 0 Å². The number of carbonyl (C=O) groups excluding carboxylic acids is 2. The highest BCUT2D eigenvalue weighted by molar-refractivity contribution is 5.93. The van der Waals surface area contributed by atoms with Crippen LogP contribution in [-0.4, -0.2) is 28.3 Å². The van der Waals surface area contributed by atoms with E-state index in [0.29, 0.717) is 13.0 Å². The van der Waals surface area contributed by atoms with Crippen LogP contribution < -0.4 is 16.0 Å². The molecule has 132 valence electrons. The highest BCUT2D eigenvalue weighted by Gasteiger charge is 2.17. The third kappa shape index (κ3) is 4.37. The van der Waals surface area contributed by atoms with Crippen molar-refractivity contribution in [2.45, 2.75) is 32.2 Å². The Labute approximate surface area is 146 Å². The summed E-state index contributed by atoms with van der Waals surface area (Å²) in [5.74, 6) is 0.0550. The molecule has 1 aliphatic heterocycles. The second kappa shape index (κ2) is 7.38. The Bertz CT molecular complexity index is 784. The molecule has 3 amide bonds. The van der Waals surface area contributed by atoms with Crippen LogP contribution in [-0.2, 0) is 24.7 Å². The number of aromatic nitrogens is 2. The largest absolute Gasteiger partial charge is 0.338 e. The Morgan fingerprint density at radius 2 is 2.24 bits per heavy atom. The lowest BCUT2D eigenvalue weighted by Crippen LogP contribution is -2.38. The molecule has 0 radical (unpaired) electrons. The number of benzene rings is 1. The minimum Gasteiger partial charge on any atom is -0.338 e. The van der Waals surface area contributed by atoms with Crippen LogP contribution in [0.4, 0.5) is 10.5 Å². The molecule has 0 unspecified atom stereocenters. The molecule has 2 heterocycles. The number of nitrogens with zero attached hydrogens (tertiary/aromatic N) is 2. The van der Waals surface area contributed by atoms with E-state index in [1.807, 2.05) is 32.3 Å². The first kappa shape index (κ1) is 17.0. The van der Waals surface area contributed by atoms with Crippen LogP contribution in [0.2, 0.25) is 0 Å². The molecule has 0 fully saturated rings.